The molecule has 0 fully saturated rings. The van der Waals surface area contributed by atoms with Gasteiger partial charge in [-0.3, -0.25) is 4.68 Å². The standard InChI is InChI=1S/C10H19N5O/c1-3-9(10(11)14-16)13-8(2)7-15-6-4-5-12-15/h4-6,8-9,13,16H,3,7H2,1-2H3,(H2,11,14). The average molecular weight is 225 g/mol. The molecule has 0 aliphatic carbocycles. The van der Waals surface area contributed by atoms with Gasteiger partial charge in [-0.25, -0.2) is 0 Å². The molecule has 16 heavy (non-hydrogen) atoms. The quantitative estimate of drug-likeness (QED) is 0.283. The van der Waals surface area contributed by atoms with E-state index in [2.05, 4.69) is 15.6 Å². The first-order chi connectivity index (χ1) is 7.67. The molecule has 1 aromatic heterocycles. The molecule has 1 heterocycles. The average Bonchev–Trinajstić information content (AvgIpc) is 2.77. The van der Waals surface area contributed by atoms with Gasteiger partial charge in [0.05, 0.1) is 12.6 Å². The molecule has 1 rings (SSSR count). The van der Waals surface area contributed by atoms with Gasteiger partial charge >= 0.3 is 0 Å². The van der Waals surface area contributed by atoms with Gasteiger partial charge in [0.25, 0.3) is 0 Å². The number of nitrogens with two attached hydrogens (primary N) is 1. The van der Waals surface area contributed by atoms with Crippen LogP contribution in [0.1, 0.15) is 20.3 Å². The van der Waals surface area contributed by atoms with Gasteiger partial charge in [0.1, 0.15) is 0 Å². The lowest BCUT2D eigenvalue weighted by Gasteiger charge is -2.21. The summed E-state index contributed by atoms with van der Waals surface area (Å²) in [6, 6.07) is 1.98. The van der Waals surface area contributed by atoms with Crippen molar-refractivity contribution >= 4 is 5.84 Å². The molecule has 6 heteroatoms. The normalized spacial score (nSPS) is 16.0. The molecule has 2 unspecified atom stereocenters. The fourth-order valence-corrected chi connectivity index (χ4v) is 1.57. The van der Waals surface area contributed by atoms with Crippen LogP contribution in [0.4, 0.5) is 0 Å². The van der Waals surface area contributed by atoms with E-state index in [1.54, 1.807) is 6.20 Å². The van der Waals surface area contributed by atoms with Gasteiger partial charge in [-0.05, 0) is 19.4 Å². The van der Waals surface area contributed by atoms with Crippen molar-refractivity contribution in [2.45, 2.75) is 38.9 Å². The molecule has 0 saturated heterocycles. The molecular formula is C10H19N5O. The fourth-order valence-electron chi connectivity index (χ4n) is 1.57. The topological polar surface area (TPSA) is 88.5 Å². The number of hydrogen-bond donors (Lipinski definition) is 3. The first kappa shape index (κ1) is 12.5. The van der Waals surface area contributed by atoms with Crippen molar-refractivity contribution in [3.8, 4) is 0 Å². The van der Waals surface area contributed by atoms with Crippen molar-refractivity contribution in [1.82, 2.24) is 15.1 Å². The summed E-state index contributed by atoms with van der Waals surface area (Å²) in [4.78, 5) is 0. The molecule has 0 amide bonds. The van der Waals surface area contributed by atoms with E-state index in [1.807, 2.05) is 30.8 Å². The predicted octanol–water partition coefficient (Wildman–Crippen LogP) is 0.386. The van der Waals surface area contributed by atoms with Crippen LogP contribution in [0, 0.1) is 0 Å². The second-order valence-electron chi connectivity index (χ2n) is 3.78. The van der Waals surface area contributed by atoms with E-state index in [4.69, 9.17) is 10.9 Å². The Morgan fingerprint density at radius 1 is 1.69 bits per heavy atom. The van der Waals surface area contributed by atoms with Crippen molar-refractivity contribution in [2.75, 3.05) is 0 Å². The van der Waals surface area contributed by atoms with Crippen molar-refractivity contribution < 1.29 is 5.21 Å². The largest absolute Gasteiger partial charge is 0.409 e. The van der Waals surface area contributed by atoms with Gasteiger partial charge < -0.3 is 16.3 Å². The zero-order valence-electron chi connectivity index (χ0n) is 9.67. The summed E-state index contributed by atoms with van der Waals surface area (Å²) in [5.41, 5.74) is 5.56. The summed E-state index contributed by atoms with van der Waals surface area (Å²) in [6.07, 6.45) is 4.43. The van der Waals surface area contributed by atoms with Gasteiger partial charge in [0.15, 0.2) is 5.84 Å². The Morgan fingerprint density at radius 2 is 2.44 bits per heavy atom. The first-order valence-electron chi connectivity index (χ1n) is 5.38. The van der Waals surface area contributed by atoms with Crippen LogP contribution in [0.5, 0.6) is 0 Å². The minimum atomic E-state index is -0.101. The number of hydrogen-bond acceptors (Lipinski definition) is 4. The third kappa shape index (κ3) is 3.54. The summed E-state index contributed by atoms with van der Waals surface area (Å²) in [5.74, 6) is 0.217. The summed E-state index contributed by atoms with van der Waals surface area (Å²) in [6.45, 7) is 4.77. The molecule has 6 nitrogen and oxygen atoms in total. The Morgan fingerprint density at radius 3 is 2.94 bits per heavy atom. The van der Waals surface area contributed by atoms with Gasteiger partial charge in [0, 0.05) is 18.4 Å². The number of nitrogens with zero attached hydrogens (tertiary/aromatic N) is 3. The lowest BCUT2D eigenvalue weighted by molar-refractivity contribution is 0.312. The molecule has 90 valence electrons. The molecule has 0 spiro atoms. The highest BCUT2D eigenvalue weighted by atomic mass is 16.4. The van der Waals surface area contributed by atoms with Crippen molar-refractivity contribution in [2.24, 2.45) is 10.9 Å². The molecule has 0 aliphatic rings. The van der Waals surface area contributed by atoms with E-state index in [0.717, 1.165) is 13.0 Å². The first-order valence-corrected chi connectivity index (χ1v) is 5.38. The highest BCUT2D eigenvalue weighted by Crippen LogP contribution is 1.97. The Kier molecular flexibility index (Phi) is 4.78. The van der Waals surface area contributed by atoms with E-state index in [9.17, 15) is 0 Å². The number of nitrogens with one attached hydrogen (secondary N) is 1. The lowest BCUT2D eigenvalue weighted by atomic mass is 10.2. The maximum absolute atomic E-state index is 8.61. The van der Waals surface area contributed by atoms with E-state index in [0.29, 0.717) is 0 Å². The molecule has 0 aliphatic heterocycles. The van der Waals surface area contributed by atoms with Gasteiger partial charge in [-0.1, -0.05) is 12.1 Å². The predicted molar refractivity (Wildman–Crippen MR) is 62.3 cm³/mol. The SMILES string of the molecule is CCC(NC(C)Cn1cccn1)C(N)=NO. The molecule has 1 aromatic rings. The Labute approximate surface area is 95.1 Å². The minimum Gasteiger partial charge on any atom is -0.409 e. The lowest BCUT2D eigenvalue weighted by Crippen LogP contribution is -2.46. The third-order valence-electron chi connectivity index (χ3n) is 2.39. The van der Waals surface area contributed by atoms with E-state index >= 15 is 0 Å². The molecule has 0 aromatic carbocycles. The van der Waals surface area contributed by atoms with Crippen molar-refractivity contribution in [3.05, 3.63) is 18.5 Å². The summed E-state index contributed by atoms with van der Waals surface area (Å²) in [7, 11) is 0. The zero-order valence-corrected chi connectivity index (χ0v) is 9.67. The number of amidine groups is 1. The van der Waals surface area contributed by atoms with Gasteiger partial charge in [-0.2, -0.15) is 5.10 Å². The third-order valence-corrected chi connectivity index (χ3v) is 2.39. The minimum absolute atomic E-state index is 0.101. The van der Waals surface area contributed by atoms with Crippen LogP contribution in [0.3, 0.4) is 0 Å². The summed E-state index contributed by atoms with van der Waals surface area (Å²) < 4.78 is 1.84. The Hall–Kier alpha value is -1.56. The van der Waals surface area contributed by atoms with Crippen LogP contribution in [0.25, 0.3) is 0 Å². The molecular weight excluding hydrogens is 206 g/mol. The monoisotopic (exact) mass is 225 g/mol. The Balaban J connectivity index is 2.46. The van der Waals surface area contributed by atoms with Crippen molar-refractivity contribution in [3.63, 3.8) is 0 Å². The highest BCUT2D eigenvalue weighted by molar-refractivity contribution is 5.85. The van der Waals surface area contributed by atoms with Crippen LogP contribution in [-0.2, 0) is 6.54 Å². The molecule has 0 radical (unpaired) electrons. The number of aromatic nitrogens is 2. The molecule has 0 saturated carbocycles. The van der Waals surface area contributed by atoms with Crippen LogP contribution < -0.4 is 11.1 Å². The number of oxime groups is 1. The smallest absolute Gasteiger partial charge is 0.156 e. The Bertz CT molecular complexity index is 322. The van der Waals surface area contributed by atoms with Gasteiger partial charge in [0.2, 0.25) is 0 Å². The van der Waals surface area contributed by atoms with E-state index < -0.39 is 0 Å². The molecule has 0 bridgehead atoms. The van der Waals surface area contributed by atoms with Crippen LogP contribution in [0.15, 0.2) is 23.6 Å². The summed E-state index contributed by atoms with van der Waals surface area (Å²) >= 11 is 0. The molecule has 2 atom stereocenters. The highest BCUT2D eigenvalue weighted by Gasteiger charge is 2.14. The van der Waals surface area contributed by atoms with E-state index in [-0.39, 0.29) is 17.9 Å². The van der Waals surface area contributed by atoms with E-state index in [1.165, 1.54) is 0 Å². The van der Waals surface area contributed by atoms with Crippen LogP contribution in [-0.4, -0.2) is 32.9 Å². The maximum Gasteiger partial charge on any atom is 0.156 e. The molecule has 4 N–H and O–H groups in total. The maximum atomic E-state index is 8.61. The second kappa shape index (κ2) is 6.12. The van der Waals surface area contributed by atoms with Crippen LogP contribution >= 0.6 is 0 Å². The van der Waals surface area contributed by atoms with Crippen LogP contribution in [0.2, 0.25) is 0 Å². The fraction of sp³-hybridized carbons (Fsp3) is 0.600. The van der Waals surface area contributed by atoms with Gasteiger partial charge in [-0.15, -0.1) is 0 Å². The van der Waals surface area contributed by atoms with Crippen molar-refractivity contribution in [1.29, 1.82) is 0 Å². The second-order valence-corrected chi connectivity index (χ2v) is 3.78. The zero-order chi connectivity index (χ0) is 12.0. The number of rotatable bonds is 6. The summed E-state index contributed by atoms with van der Waals surface area (Å²) in [5, 5.41) is 19.0.